The van der Waals surface area contributed by atoms with E-state index in [0.29, 0.717) is 23.3 Å². The highest BCUT2D eigenvalue weighted by molar-refractivity contribution is 7.90. The highest BCUT2D eigenvalue weighted by atomic mass is 35.5. The standard InChI is InChI=1S/C13H14ClNO5S/c1-7-9(13(16)17)3-4-11(21(2,18)19)12(7)10-5-8(6-14)20-15-10/h3-4,8H,5-6H2,1-2H3,(H,16,17). The average molecular weight is 332 g/mol. The molecule has 2 rings (SSSR count). The summed E-state index contributed by atoms with van der Waals surface area (Å²) in [6.45, 7) is 1.56. The number of rotatable bonds is 4. The number of benzene rings is 1. The molecule has 21 heavy (non-hydrogen) atoms. The van der Waals surface area contributed by atoms with Crippen molar-refractivity contribution in [2.75, 3.05) is 12.1 Å². The summed E-state index contributed by atoms with van der Waals surface area (Å²) in [6.07, 6.45) is 1.08. The molecule has 1 aromatic carbocycles. The van der Waals surface area contributed by atoms with Gasteiger partial charge in [-0.1, -0.05) is 5.16 Å². The molecule has 1 aliphatic rings. The number of oxime groups is 1. The Morgan fingerprint density at radius 3 is 2.67 bits per heavy atom. The minimum absolute atomic E-state index is 0.0365. The number of hydrogen-bond acceptors (Lipinski definition) is 5. The molecule has 114 valence electrons. The second kappa shape index (κ2) is 5.65. The number of hydrogen-bond donors (Lipinski definition) is 1. The van der Waals surface area contributed by atoms with Crippen LogP contribution in [0, 0.1) is 6.92 Å². The average Bonchev–Trinajstić information content (AvgIpc) is 2.85. The van der Waals surface area contributed by atoms with Crippen molar-refractivity contribution in [1.29, 1.82) is 0 Å². The van der Waals surface area contributed by atoms with E-state index in [4.69, 9.17) is 16.4 Å². The third kappa shape index (κ3) is 3.03. The molecule has 0 aliphatic carbocycles. The number of halogens is 1. The Morgan fingerprint density at radius 2 is 2.19 bits per heavy atom. The Morgan fingerprint density at radius 1 is 1.52 bits per heavy atom. The lowest BCUT2D eigenvalue weighted by atomic mass is 9.96. The number of nitrogens with zero attached hydrogens (tertiary/aromatic N) is 1. The van der Waals surface area contributed by atoms with E-state index in [-0.39, 0.29) is 22.4 Å². The van der Waals surface area contributed by atoms with Crippen molar-refractivity contribution in [1.82, 2.24) is 0 Å². The van der Waals surface area contributed by atoms with E-state index in [9.17, 15) is 18.3 Å². The van der Waals surface area contributed by atoms with Crippen LogP contribution in [0.25, 0.3) is 0 Å². The first-order chi connectivity index (χ1) is 9.75. The van der Waals surface area contributed by atoms with Gasteiger partial charge in [-0.05, 0) is 24.6 Å². The molecular weight excluding hydrogens is 318 g/mol. The Balaban J connectivity index is 2.66. The third-order valence-electron chi connectivity index (χ3n) is 3.25. The van der Waals surface area contributed by atoms with Gasteiger partial charge < -0.3 is 9.94 Å². The van der Waals surface area contributed by atoms with Gasteiger partial charge in [0.15, 0.2) is 9.84 Å². The van der Waals surface area contributed by atoms with Crippen LogP contribution in [-0.2, 0) is 14.7 Å². The first kappa shape index (κ1) is 15.8. The van der Waals surface area contributed by atoms with Crippen LogP contribution in [-0.4, -0.2) is 43.4 Å². The maximum atomic E-state index is 11.9. The monoisotopic (exact) mass is 331 g/mol. The summed E-state index contributed by atoms with van der Waals surface area (Å²) in [5, 5.41) is 13.1. The molecule has 1 atom stereocenters. The van der Waals surface area contributed by atoms with Crippen molar-refractivity contribution < 1.29 is 23.2 Å². The number of aromatic carboxylic acids is 1. The summed E-state index contributed by atoms with van der Waals surface area (Å²) in [5.41, 5.74) is 1.09. The van der Waals surface area contributed by atoms with E-state index in [0.717, 1.165) is 6.26 Å². The fourth-order valence-electron chi connectivity index (χ4n) is 2.24. The predicted molar refractivity (Wildman–Crippen MR) is 78.0 cm³/mol. The molecule has 6 nitrogen and oxygen atoms in total. The molecule has 1 unspecified atom stereocenters. The zero-order chi connectivity index (χ0) is 15.8. The summed E-state index contributed by atoms with van der Waals surface area (Å²) >= 11 is 5.70. The van der Waals surface area contributed by atoms with Gasteiger partial charge in [0.25, 0.3) is 0 Å². The van der Waals surface area contributed by atoms with Crippen LogP contribution in [0.15, 0.2) is 22.2 Å². The topological polar surface area (TPSA) is 93.0 Å². The summed E-state index contributed by atoms with van der Waals surface area (Å²) in [7, 11) is -3.52. The van der Waals surface area contributed by atoms with Gasteiger partial charge in [-0.2, -0.15) is 0 Å². The second-order valence-electron chi connectivity index (χ2n) is 4.81. The van der Waals surface area contributed by atoms with Gasteiger partial charge in [0, 0.05) is 18.2 Å². The van der Waals surface area contributed by atoms with Crippen molar-refractivity contribution in [2.45, 2.75) is 24.3 Å². The molecule has 1 aliphatic heterocycles. The SMILES string of the molecule is Cc1c(C(=O)O)ccc(S(C)(=O)=O)c1C1=NOC(CCl)C1. The zero-order valence-corrected chi connectivity index (χ0v) is 13.0. The third-order valence-corrected chi connectivity index (χ3v) is 4.73. The largest absolute Gasteiger partial charge is 0.478 e. The zero-order valence-electron chi connectivity index (χ0n) is 11.5. The van der Waals surface area contributed by atoms with E-state index in [1.54, 1.807) is 6.92 Å². The molecule has 0 radical (unpaired) electrons. The summed E-state index contributed by atoms with van der Waals surface area (Å²) in [5.74, 6) is -0.902. The maximum absolute atomic E-state index is 11.9. The molecule has 0 amide bonds. The van der Waals surface area contributed by atoms with E-state index in [1.807, 2.05) is 0 Å². The van der Waals surface area contributed by atoms with Gasteiger partial charge in [0.1, 0.15) is 6.10 Å². The summed E-state index contributed by atoms with van der Waals surface area (Å²) in [6, 6.07) is 2.57. The molecule has 8 heteroatoms. The Hall–Kier alpha value is -1.60. The smallest absolute Gasteiger partial charge is 0.335 e. The number of carbonyl (C=O) groups is 1. The minimum Gasteiger partial charge on any atom is -0.478 e. The van der Waals surface area contributed by atoms with Crippen LogP contribution in [0.4, 0.5) is 0 Å². The van der Waals surface area contributed by atoms with Crippen LogP contribution in [0.5, 0.6) is 0 Å². The lowest BCUT2D eigenvalue weighted by Gasteiger charge is -2.13. The molecule has 0 spiro atoms. The molecule has 1 N–H and O–H groups in total. The van der Waals surface area contributed by atoms with Gasteiger partial charge in [-0.3, -0.25) is 0 Å². The van der Waals surface area contributed by atoms with Gasteiger partial charge in [-0.25, -0.2) is 13.2 Å². The molecular formula is C13H14ClNO5S. The van der Waals surface area contributed by atoms with Crippen LogP contribution in [0.1, 0.15) is 27.9 Å². The molecule has 0 fully saturated rings. The molecule has 1 aromatic rings. The quantitative estimate of drug-likeness (QED) is 0.849. The normalized spacial score (nSPS) is 18.2. The van der Waals surface area contributed by atoms with Gasteiger partial charge in [-0.15, -0.1) is 11.6 Å². The molecule has 0 saturated carbocycles. The van der Waals surface area contributed by atoms with Crippen molar-refractivity contribution >= 4 is 33.1 Å². The van der Waals surface area contributed by atoms with Crippen LogP contribution >= 0.6 is 11.6 Å². The summed E-state index contributed by atoms with van der Waals surface area (Å²) < 4.78 is 23.9. The van der Waals surface area contributed by atoms with Crippen molar-refractivity contribution in [3.05, 3.63) is 28.8 Å². The number of alkyl halides is 1. The first-order valence-electron chi connectivity index (χ1n) is 6.11. The van der Waals surface area contributed by atoms with E-state index < -0.39 is 15.8 Å². The van der Waals surface area contributed by atoms with Crippen LogP contribution in [0.2, 0.25) is 0 Å². The maximum Gasteiger partial charge on any atom is 0.335 e. The van der Waals surface area contributed by atoms with E-state index >= 15 is 0 Å². The van der Waals surface area contributed by atoms with Gasteiger partial charge in [0.2, 0.25) is 0 Å². The Kier molecular flexibility index (Phi) is 4.25. The van der Waals surface area contributed by atoms with Crippen molar-refractivity contribution in [3.8, 4) is 0 Å². The van der Waals surface area contributed by atoms with Crippen LogP contribution in [0.3, 0.4) is 0 Å². The van der Waals surface area contributed by atoms with Crippen LogP contribution < -0.4 is 0 Å². The molecule has 0 aromatic heterocycles. The first-order valence-corrected chi connectivity index (χ1v) is 8.54. The fourth-order valence-corrected chi connectivity index (χ4v) is 3.37. The molecule has 1 heterocycles. The lowest BCUT2D eigenvalue weighted by molar-refractivity contribution is 0.0696. The lowest BCUT2D eigenvalue weighted by Crippen LogP contribution is -2.16. The predicted octanol–water partition coefficient (Wildman–Crippen LogP) is 1.83. The van der Waals surface area contributed by atoms with E-state index in [1.165, 1.54) is 12.1 Å². The number of sulfone groups is 1. The summed E-state index contributed by atoms with van der Waals surface area (Å²) in [4.78, 5) is 16.4. The second-order valence-corrected chi connectivity index (χ2v) is 7.11. The molecule has 0 bridgehead atoms. The highest BCUT2D eigenvalue weighted by Crippen LogP contribution is 2.28. The fraction of sp³-hybridized carbons (Fsp3) is 0.385. The highest BCUT2D eigenvalue weighted by Gasteiger charge is 2.29. The number of carboxylic acid groups (broad SMARTS) is 1. The van der Waals surface area contributed by atoms with Gasteiger partial charge >= 0.3 is 5.97 Å². The van der Waals surface area contributed by atoms with E-state index in [2.05, 4.69) is 5.16 Å². The number of carboxylic acids is 1. The van der Waals surface area contributed by atoms with Gasteiger partial charge in [0.05, 0.1) is 22.1 Å². The van der Waals surface area contributed by atoms with Crippen molar-refractivity contribution in [2.24, 2.45) is 5.16 Å². The van der Waals surface area contributed by atoms with Crippen molar-refractivity contribution in [3.63, 3.8) is 0 Å². The minimum atomic E-state index is -3.52. The Labute approximate surface area is 127 Å². The Bertz CT molecular complexity index is 726. The molecule has 0 saturated heterocycles.